The summed E-state index contributed by atoms with van der Waals surface area (Å²) in [6.07, 6.45) is 0.190. The minimum absolute atomic E-state index is 0.429. The Morgan fingerprint density at radius 3 is 2.43 bits per heavy atom. The summed E-state index contributed by atoms with van der Waals surface area (Å²) in [6, 6.07) is 15.2. The van der Waals surface area contributed by atoms with Gasteiger partial charge >= 0.3 is 0 Å². The molecule has 110 valence electrons. The molecule has 2 aromatic carbocycles. The number of hydrogen-bond acceptors (Lipinski definition) is 3. The van der Waals surface area contributed by atoms with E-state index in [1.807, 2.05) is 42.5 Å². The molecule has 0 atom stereocenters. The Kier molecular flexibility index (Phi) is 3.89. The second-order valence-corrected chi connectivity index (χ2v) is 5.86. The van der Waals surface area contributed by atoms with Crippen molar-refractivity contribution < 1.29 is 14.9 Å². The van der Waals surface area contributed by atoms with E-state index in [4.69, 9.17) is 16.3 Å². The fourth-order valence-electron chi connectivity index (χ4n) is 2.49. The van der Waals surface area contributed by atoms with Crippen LogP contribution in [0.15, 0.2) is 48.5 Å². The molecule has 1 fully saturated rings. The van der Waals surface area contributed by atoms with E-state index in [1.165, 1.54) is 0 Å². The van der Waals surface area contributed by atoms with E-state index in [9.17, 15) is 10.2 Å². The minimum atomic E-state index is -1.35. The van der Waals surface area contributed by atoms with Gasteiger partial charge in [0.2, 0.25) is 0 Å². The zero-order valence-electron chi connectivity index (χ0n) is 11.5. The van der Waals surface area contributed by atoms with Gasteiger partial charge in [0, 0.05) is 5.41 Å². The molecule has 1 aliphatic carbocycles. The summed E-state index contributed by atoms with van der Waals surface area (Å²) in [4.78, 5) is 0. The molecule has 2 N–H and O–H groups in total. The van der Waals surface area contributed by atoms with Crippen molar-refractivity contribution in [3.8, 4) is 5.75 Å². The highest BCUT2D eigenvalue weighted by atomic mass is 35.5. The molecule has 1 saturated carbocycles. The number of aliphatic hydroxyl groups excluding tert-OH is 1. The van der Waals surface area contributed by atoms with Crippen molar-refractivity contribution >= 4 is 11.6 Å². The van der Waals surface area contributed by atoms with Crippen molar-refractivity contribution in [3.63, 3.8) is 0 Å². The fraction of sp³-hybridized carbons (Fsp3) is 0.294. The molecule has 0 saturated heterocycles. The van der Waals surface area contributed by atoms with Crippen LogP contribution in [0.25, 0.3) is 0 Å². The molecule has 3 nitrogen and oxygen atoms in total. The van der Waals surface area contributed by atoms with Crippen LogP contribution in [-0.4, -0.2) is 16.5 Å². The molecule has 0 heterocycles. The largest absolute Gasteiger partial charge is 0.487 e. The molecule has 2 aromatic rings. The molecule has 0 amide bonds. The Morgan fingerprint density at radius 1 is 1.10 bits per heavy atom. The molecule has 0 aromatic heterocycles. The van der Waals surface area contributed by atoms with Crippen LogP contribution in [0.5, 0.6) is 5.75 Å². The maximum Gasteiger partial charge on any atom is 0.161 e. The number of halogens is 1. The second-order valence-electron chi connectivity index (χ2n) is 5.45. The van der Waals surface area contributed by atoms with Gasteiger partial charge in [-0.25, -0.2) is 0 Å². The normalized spacial score (nSPS) is 16.0. The lowest BCUT2D eigenvalue weighted by Crippen LogP contribution is -2.25. The number of ether oxygens (including phenoxy) is 1. The van der Waals surface area contributed by atoms with Crippen LogP contribution in [0.4, 0.5) is 0 Å². The third kappa shape index (κ3) is 2.91. The van der Waals surface area contributed by atoms with E-state index in [0.717, 1.165) is 24.0 Å². The molecule has 0 unspecified atom stereocenters. The summed E-state index contributed by atoms with van der Waals surface area (Å²) < 4.78 is 5.77. The first-order chi connectivity index (χ1) is 10.1. The maximum absolute atomic E-state index is 9.55. The van der Waals surface area contributed by atoms with Gasteiger partial charge in [0.25, 0.3) is 0 Å². The molecular weight excluding hydrogens is 288 g/mol. The summed E-state index contributed by atoms with van der Waals surface area (Å²) in [5.74, 6) is 0.574. The van der Waals surface area contributed by atoms with E-state index in [0.29, 0.717) is 17.4 Å². The quantitative estimate of drug-likeness (QED) is 0.834. The lowest BCUT2D eigenvalue weighted by molar-refractivity contribution is -0.0694. The third-order valence-corrected chi connectivity index (χ3v) is 4.34. The third-order valence-electron chi connectivity index (χ3n) is 4.03. The molecule has 1 aliphatic rings. The first-order valence-electron chi connectivity index (χ1n) is 6.95. The minimum Gasteiger partial charge on any atom is -0.487 e. The lowest BCUT2D eigenvalue weighted by Gasteiger charge is -2.19. The summed E-state index contributed by atoms with van der Waals surface area (Å²) in [5.41, 5.74) is 1.38. The van der Waals surface area contributed by atoms with Crippen LogP contribution in [0, 0.1) is 0 Å². The molecule has 21 heavy (non-hydrogen) atoms. The number of hydrogen-bond donors (Lipinski definition) is 2. The van der Waals surface area contributed by atoms with Gasteiger partial charge in [-0.3, -0.25) is 0 Å². The highest BCUT2D eigenvalue weighted by Crippen LogP contribution is 2.51. The van der Waals surface area contributed by atoms with Crippen molar-refractivity contribution in [2.45, 2.75) is 31.2 Å². The number of aliphatic hydroxyl groups is 2. The Balaban J connectivity index is 1.79. The van der Waals surface area contributed by atoms with Crippen molar-refractivity contribution in [2.75, 3.05) is 0 Å². The fourth-order valence-corrected chi connectivity index (χ4v) is 2.66. The van der Waals surface area contributed by atoms with Gasteiger partial charge in [0.15, 0.2) is 6.29 Å². The number of benzene rings is 2. The monoisotopic (exact) mass is 304 g/mol. The molecule has 0 bridgehead atoms. The smallest absolute Gasteiger partial charge is 0.161 e. The molecule has 0 aliphatic heterocycles. The highest BCUT2D eigenvalue weighted by Gasteiger charge is 2.50. The maximum atomic E-state index is 9.55. The Morgan fingerprint density at radius 2 is 1.81 bits per heavy atom. The standard InChI is InChI=1S/C17H17ClO3/c18-14-7-6-13(17(8-9-17)16(19)20)10-15(14)21-11-12-4-2-1-3-5-12/h1-7,10,16,19-20H,8-9,11H2. The Hall–Kier alpha value is -1.55. The van der Waals surface area contributed by atoms with Gasteiger partial charge in [0.05, 0.1) is 5.02 Å². The van der Waals surface area contributed by atoms with E-state index in [2.05, 4.69) is 0 Å². The molecule has 0 spiro atoms. The Bertz CT molecular complexity index is 621. The predicted octanol–water partition coefficient (Wildman–Crippen LogP) is 3.26. The van der Waals surface area contributed by atoms with E-state index in [1.54, 1.807) is 6.07 Å². The zero-order valence-corrected chi connectivity index (χ0v) is 12.3. The molecular formula is C17H17ClO3. The van der Waals surface area contributed by atoms with Crippen LogP contribution in [0.3, 0.4) is 0 Å². The summed E-state index contributed by atoms with van der Waals surface area (Å²) >= 11 is 6.16. The first-order valence-corrected chi connectivity index (χ1v) is 7.32. The SMILES string of the molecule is OC(O)C1(c2ccc(Cl)c(OCc3ccccc3)c2)CC1. The average Bonchev–Trinajstić information content (AvgIpc) is 3.29. The molecule has 3 rings (SSSR count). The summed E-state index contributed by atoms with van der Waals surface area (Å²) in [7, 11) is 0. The summed E-state index contributed by atoms with van der Waals surface area (Å²) in [5, 5.41) is 19.6. The van der Waals surface area contributed by atoms with Gasteiger partial charge in [-0.1, -0.05) is 48.0 Å². The average molecular weight is 305 g/mol. The van der Waals surface area contributed by atoms with Crippen LogP contribution in [0.2, 0.25) is 5.02 Å². The topological polar surface area (TPSA) is 49.7 Å². The van der Waals surface area contributed by atoms with Crippen LogP contribution in [0.1, 0.15) is 24.0 Å². The van der Waals surface area contributed by atoms with Crippen LogP contribution in [-0.2, 0) is 12.0 Å². The summed E-state index contributed by atoms with van der Waals surface area (Å²) in [6.45, 7) is 0.429. The van der Waals surface area contributed by atoms with Crippen LogP contribution < -0.4 is 4.74 Å². The van der Waals surface area contributed by atoms with E-state index < -0.39 is 11.7 Å². The van der Waals surface area contributed by atoms with Gasteiger partial charge < -0.3 is 14.9 Å². The van der Waals surface area contributed by atoms with Crippen molar-refractivity contribution in [3.05, 3.63) is 64.7 Å². The first kappa shape index (κ1) is 14.4. The molecule has 4 heteroatoms. The van der Waals surface area contributed by atoms with Crippen molar-refractivity contribution in [2.24, 2.45) is 0 Å². The Labute approximate surface area is 128 Å². The van der Waals surface area contributed by atoms with E-state index >= 15 is 0 Å². The van der Waals surface area contributed by atoms with E-state index in [-0.39, 0.29) is 0 Å². The second kappa shape index (κ2) is 5.68. The highest BCUT2D eigenvalue weighted by molar-refractivity contribution is 6.32. The van der Waals surface area contributed by atoms with Crippen molar-refractivity contribution in [1.29, 1.82) is 0 Å². The number of rotatable bonds is 5. The predicted molar refractivity (Wildman–Crippen MR) is 81.4 cm³/mol. The van der Waals surface area contributed by atoms with Gasteiger partial charge in [-0.15, -0.1) is 0 Å². The lowest BCUT2D eigenvalue weighted by atomic mass is 9.95. The van der Waals surface area contributed by atoms with Crippen molar-refractivity contribution in [1.82, 2.24) is 0 Å². The van der Waals surface area contributed by atoms with Gasteiger partial charge in [-0.2, -0.15) is 0 Å². The van der Waals surface area contributed by atoms with Crippen LogP contribution >= 0.6 is 11.6 Å². The van der Waals surface area contributed by atoms with Gasteiger partial charge in [0.1, 0.15) is 12.4 Å². The zero-order chi connectivity index (χ0) is 14.9. The molecule has 0 radical (unpaired) electrons. The van der Waals surface area contributed by atoms with Gasteiger partial charge in [-0.05, 0) is 36.1 Å².